The van der Waals surface area contributed by atoms with E-state index in [0.29, 0.717) is 29.3 Å². The number of benzene rings is 1. The normalized spacial score (nSPS) is 21.9. The van der Waals surface area contributed by atoms with Gasteiger partial charge in [0, 0.05) is 17.6 Å². The molecule has 1 N–H and O–H groups in total. The molecular weight excluding hydrogens is 282 g/mol. The van der Waals surface area contributed by atoms with Gasteiger partial charge in [0.25, 0.3) is 5.91 Å². The number of carbonyl (C=O) groups is 2. The highest BCUT2D eigenvalue weighted by molar-refractivity contribution is 6.30. The van der Waals surface area contributed by atoms with Gasteiger partial charge in [0.15, 0.2) is 0 Å². The van der Waals surface area contributed by atoms with Gasteiger partial charge in [-0.05, 0) is 31.5 Å². The summed E-state index contributed by atoms with van der Waals surface area (Å²) in [6.07, 6.45) is 0.470. The van der Waals surface area contributed by atoms with Crippen LogP contribution in [-0.4, -0.2) is 41.6 Å². The van der Waals surface area contributed by atoms with Crippen LogP contribution in [0.5, 0.6) is 5.75 Å². The predicted molar refractivity (Wildman–Crippen MR) is 74.2 cm³/mol. The third kappa shape index (κ3) is 2.58. The van der Waals surface area contributed by atoms with E-state index in [1.54, 1.807) is 30.0 Å². The molecule has 0 aliphatic carbocycles. The minimum absolute atomic E-state index is 0.227. The first-order chi connectivity index (χ1) is 9.45. The number of carbonyl (C=O) groups excluding carboxylic acids is 1. The number of carboxylic acid groups (broad SMARTS) is 1. The summed E-state index contributed by atoms with van der Waals surface area (Å²) >= 11 is 5.87. The van der Waals surface area contributed by atoms with Gasteiger partial charge in [0.2, 0.25) is 0 Å². The zero-order valence-corrected chi connectivity index (χ0v) is 12.1. The summed E-state index contributed by atoms with van der Waals surface area (Å²) < 4.78 is 5.17. The molecule has 1 heterocycles. The molecule has 6 heteroatoms. The first-order valence-electron chi connectivity index (χ1n) is 6.33. The fourth-order valence-electron chi connectivity index (χ4n) is 2.55. The van der Waals surface area contributed by atoms with E-state index in [0.717, 1.165) is 0 Å². The molecule has 2 rings (SSSR count). The molecule has 2 atom stereocenters. The molecule has 1 aliphatic heterocycles. The lowest BCUT2D eigenvalue weighted by molar-refractivity contribution is -0.142. The van der Waals surface area contributed by atoms with Crippen molar-refractivity contribution in [3.05, 3.63) is 28.8 Å². The lowest BCUT2D eigenvalue weighted by atomic mass is 10.0. The summed E-state index contributed by atoms with van der Waals surface area (Å²) in [7, 11) is 1.47. The van der Waals surface area contributed by atoms with Gasteiger partial charge in [-0.3, -0.25) is 9.59 Å². The molecule has 2 unspecified atom stereocenters. The molecule has 5 nitrogen and oxygen atoms in total. The summed E-state index contributed by atoms with van der Waals surface area (Å²) in [5.74, 6) is -1.21. The van der Waals surface area contributed by atoms with Crippen LogP contribution in [0.2, 0.25) is 5.02 Å². The van der Waals surface area contributed by atoms with Crippen LogP contribution in [0.3, 0.4) is 0 Å². The van der Waals surface area contributed by atoms with Gasteiger partial charge in [-0.25, -0.2) is 0 Å². The van der Waals surface area contributed by atoms with Gasteiger partial charge in [0.1, 0.15) is 5.75 Å². The summed E-state index contributed by atoms with van der Waals surface area (Å²) in [4.78, 5) is 25.2. The summed E-state index contributed by atoms with van der Waals surface area (Å²) in [6.45, 7) is 2.19. The number of hydrogen-bond donors (Lipinski definition) is 1. The number of ether oxygens (including phenoxy) is 1. The fourth-order valence-corrected chi connectivity index (χ4v) is 2.72. The average molecular weight is 298 g/mol. The molecule has 1 aliphatic rings. The molecule has 1 aromatic rings. The van der Waals surface area contributed by atoms with E-state index >= 15 is 0 Å². The number of likely N-dealkylation sites (tertiary alicyclic amines) is 1. The Labute approximate surface area is 122 Å². The van der Waals surface area contributed by atoms with Gasteiger partial charge in [-0.1, -0.05) is 11.6 Å². The molecule has 0 bridgehead atoms. The molecule has 1 aromatic carbocycles. The van der Waals surface area contributed by atoms with Crippen molar-refractivity contribution in [2.75, 3.05) is 13.7 Å². The highest BCUT2D eigenvalue weighted by Crippen LogP contribution is 2.30. The van der Waals surface area contributed by atoms with Crippen molar-refractivity contribution in [1.29, 1.82) is 0 Å². The number of methoxy groups -OCH3 is 1. The summed E-state index contributed by atoms with van der Waals surface area (Å²) in [6, 6.07) is 4.46. The van der Waals surface area contributed by atoms with Crippen molar-refractivity contribution < 1.29 is 19.4 Å². The molecule has 0 spiro atoms. The number of halogens is 1. The van der Waals surface area contributed by atoms with Gasteiger partial charge in [-0.2, -0.15) is 0 Å². The first kappa shape index (κ1) is 14.7. The van der Waals surface area contributed by atoms with Crippen LogP contribution in [0.4, 0.5) is 0 Å². The van der Waals surface area contributed by atoms with Crippen LogP contribution in [0.1, 0.15) is 23.7 Å². The highest BCUT2D eigenvalue weighted by atomic mass is 35.5. The lowest BCUT2D eigenvalue weighted by Crippen LogP contribution is -2.37. The molecule has 0 saturated carbocycles. The van der Waals surface area contributed by atoms with Crippen LogP contribution in [0, 0.1) is 5.92 Å². The molecule has 1 fully saturated rings. The number of aliphatic carboxylic acids is 1. The maximum atomic E-state index is 12.5. The van der Waals surface area contributed by atoms with E-state index in [1.807, 2.05) is 0 Å². The minimum Gasteiger partial charge on any atom is -0.496 e. The number of rotatable bonds is 3. The number of hydrogen-bond acceptors (Lipinski definition) is 3. The molecular formula is C14H16ClNO4. The molecule has 0 aromatic heterocycles. The smallest absolute Gasteiger partial charge is 0.308 e. The maximum Gasteiger partial charge on any atom is 0.308 e. The molecule has 20 heavy (non-hydrogen) atoms. The Bertz CT molecular complexity index is 546. The summed E-state index contributed by atoms with van der Waals surface area (Å²) in [5, 5.41) is 9.59. The molecule has 108 valence electrons. The van der Waals surface area contributed by atoms with Gasteiger partial charge < -0.3 is 14.7 Å². The average Bonchev–Trinajstić information content (AvgIpc) is 2.79. The molecule has 0 radical (unpaired) electrons. The van der Waals surface area contributed by atoms with Crippen LogP contribution in [-0.2, 0) is 4.79 Å². The summed E-state index contributed by atoms with van der Waals surface area (Å²) in [5.41, 5.74) is 0.398. The van der Waals surface area contributed by atoms with Crippen LogP contribution in [0.25, 0.3) is 0 Å². The van der Waals surface area contributed by atoms with Crippen LogP contribution >= 0.6 is 11.6 Å². The third-order valence-corrected chi connectivity index (χ3v) is 3.96. The van der Waals surface area contributed by atoms with E-state index in [9.17, 15) is 9.59 Å². The Morgan fingerprint density at radius 3 is 2.70 bits per heavy atom. The Balaban J connectivity index is 2.27. The van der Waals surface area contributed by atoms with Crippen molar-refractivity contribution in [3.63, 3.8) is 0 Å². The van der Waals surface area contributed by atoms with Gasteiger partial charge in [0.05, 0.1) is 18.6 Å². The second kappa shape index (κ2) is 5.71. The van der Waals surface area contributed by atoms with Crippen molar-refractivity contribution in [1.82, 2.24) is 4.90 Å². The van der Waals surface area contributed by atoms with E-state index in [2.05, 4.69) is 0 Å². The molecule has 1 amide bonds. The third-order valence-electron chi connectivity index (χ3n) is 3.73. The Morgan fingerprint density at radius 1 is 1.45 bits per heavy atom. The second-order valence-electron chi connectivity index (χ2n) is 4.82. The van der Waals surface area contributed by atoms with E-state index in [-0.39, 0.29) is 11.9 Å². The number of nitrogens with zero attached hydrogens (tertiary/aromatic N) is 1. The van der Waals surface area contributed by atoms with Crippen molar-refractivity contribution in [3.8, 4) is 5.75 Å². The largest absolute Gasteiger partial charge is 0.496 e. The van der Waals surface area contributed by atoms with Crippen molar-refractivity contribution in [2.24, 2.45) is 5.92 Å². The fraction of sp³-hybridized carbons (Fsp3) is 0.429. The topological polar surface area (TPSA) is 66.8 Å². The zero-order chi connectivity index (χ0) is 14.9. The minimum atomic E-state index is -0.865. The van der Waals surface area contributed by atoms with Gasteiger partial charge in [-0.15, -0.1) is 0 Å². The maximum absolute atomic E-state index is 12.5. The lowest BCUT2D eigenvalue weighted by Gasteiger charge is -2.24. The first-order valence-corrected chi connectivity index (χ1v) is 6.70. The van der Waals surface area contributed by atoms with Gasteiger partial charge >= 0.3 is 5.97 Å². The van der Waals surface area contributed by atoms with Crippen molar-refractivity contribution >= 4 is 23.5 Å². The number of amides is 1. The molecule has 1 saturated heterocycles. The SMILES string of the molecule is COc1cc(Cl)ccc1C(=O)N1CCC(C(=O)O)C1C. The standard InChI is InChI=1S/C14H16ClNO4/c1-8-10(14(18)19)5-6-16(8)13(17)11-4-3-9(15)7-12(11)20-2/h3-4,7-8,10H,5-6H2,1-2H3,(H,18,19). The Morgan fingerprint density at radius 2 is 2.15 bits per heavy atom. The Kier molecular flexibility index (Phi) is 4.18. The van der Waals surface area contributed by atoms with Crippen LogP contribution < -0.4 is 4.74 Å². The van der Waals surface area contributed by atoms with E-state index in [1.165, 1.54) is 7.11 Å². The number of carboxylic acids is 1. The van der Waals surface area contributed by atoms with E-state index < -0.39 is 11.9 Å². The Hall–Kier alpha value is -1.75. The zero-order valence-electron chi connectivity index (χ0n) is 11.3. The second-order valence-corrected chi connectivity index (χ2v) is 5.25. The predicted octanol–water partition coefficient (Wildman–Crippen LogP) is 2.28. The monoisotopic (exact) mass is 297 g/mol. The quantitative estimate of drug-likeness (QED) is 0.929. The van der Waals surface area contributed by atoms with Crippen molar-refractivity contribution in [2.45, 2.75) is 19.4 Å². The highest BCUT2D eigenvalue weighted by Gasteiger charge is 2.38. The van der Waals surface area contributed by atoms with Crippen LogP contribution in [0.15, 0.2) is 18.2 Å². The van der Waals surface area contributed by atoms with E-state index in [4.69, 9.17) is 21.4 Å².